The van der Waals surface area contributed by atoms with Crippen LogP contribution in [-0.4, -0.2) is 36.9 Å². The zero-order chi connectivity index (χ0) is 17.4. The maximum absolute atomic E-state index is 14.2. The van der Waals surface area contributed by atoms with E-state index in [1.807, 2.05) is 0 Å². The van der Waals surface area contributed by atoms with E-state index in [1.165, 1.54) is 18.0 Å². The van der Waals surface area contributed by atoms with Gasteiger partial charge in [0, 0.05) is 19.2 Å². The van der Waals surface area contributed by atoms with Crippen molar-refractivity contribution in [2.45, 2.75) is 39.0 Å². The van der Waals surface area contributed by atoms with Gasteiger partial charge in [0.1, 0.15) is 35.6 Å². The highest BCUT2D eigenvalue weighted by Gasteiger charge is 2.35. The molecule has 1 aliphatic heterocycles. The Morgan fingerprint density at radius 2 is 2.04 bits per heavy atom. The van der Waals surface area contributed by atoms with E-state index in [-0.39, 0.29) is 23.7 Å². The molecule has 0 aliphatic carbocycles. The van der Waals surface area contributed by atoms with Crippen molar-refractivity contribution in [2.75, 3.05) is 13.7 Å². The van der Waals surface area contributed by atoms with Gasteiger partial charge in [-0.1, -0.05) is 0 Å². The molecule has 1 aliphatic rings. The molecule has 1 aromatic carbocycles. The maximum Gasteiger partial charge on any atom is 0.410 e. The fourth-order valence-electron chi connectivity index (χ4n) is 2.20. The van der Waals surface area contributed by atoms with Crippen molar-refractivity contribution in [3.63, 3.8) is 0 Å². The maximum atomic E-state index is 14.2. The molecule has 0 spiro atoms. The summed E-state index contributed by atoms with van der Waals surface area (Å²) >= 11 is 0. The molecule has 5 nitrogen and oxygen atoms in total. The van der Waals surface area contributed by atoms with E-state index >= 15 is 0 Å². The van der Waals surface area contributed by atoms with Crippen LogP contribution >= 0.6 is 0 Å². The summed E-state index contributed by atoms with van der Waals surface area (Å²) in [6, 6.07) is 1.31. The molecule has 1 aromatic rings. The number of nitrogens with zero attached hydrogens (tertiary/aromatic N) is 1. The van der Waals surface area contributed by atoms with Gasteiger partial charge >= 0.3 is 12.7 Å². The Morgan fingerprint density at radius 1 is 1.39 bits per heavy atom. The Morgan fingerprint density at radius 3 is 2.61 bits per heavy atom. The molecule has 0 fully saturated rings. The Hall–Kier alpha value is -2.12. The van der Waals surface area contributed by atoms with Gasteiger partial charge in [-0.2, -0.15) is 8.78 Å². The second-order valence-electron chi connectivity index (χ2n) is 6.11. The van der Waals surface area contributed by atoms with Crippen molar-refractivity contribution < 1.29 is 32.2 Å². The van der Waals surface area contributed by atoms with Gasteiger partial charge in [0.2, 0.25) is 0 Å². The minimum Gasteiger partial charge on any atom is -0.490 e. The molecule has 128 valence electrons. The molecule has 1 unspecified atom stereocenters. The molecule has 2 rings (SSSR count). The molecule has 1 heterocycles. The highest BCUT2D eigenvalue weighted by Crippen LogP contribution is 2.40. The average Bonchev–Trinajstić information content (AvgIpc) is 2.79. The lowest BCUT2D eigenvalue weighted by Gasteiger charge is -2.28. The first kappa shape index (κ1) is 17.2. The number of carbonyl (C=O) groups excluding carboxylic acids is 1. The second kappa shape index (κ2) is 6.17. The summed E-state index contributed by atoms with van der Waals surface area (Å²) in [4.78, 5) is 13.3. The van der Waals surface area contributed by atoms with Crippen molar-refractivity contribution in [3.8, 4) is 11.5 Å². The fraction of sp³-hybridized carbons (Fsp3) is 0.533. The van der Waals surface area contributed by atoms with E-state index in [9.17, 15) is 18.0 Å². The van der Waals surface area contributed by atoms with Crippen LogP contribution in [0.1, 0.15) is 32.4 Å². The molecule has 8 heteroatoms. The van der Waals surface area contributed by atoms with E-state index in [4.69, 9.17) is 9.47 Å². The molecule has 23 heavy (non-hydrogen) atoms. The van der Waals surface area contributed by atoms with Crippen molar-refractivity contribution in [1.29, 1.82) is 0 Å². The summed E-state index contributed by atoms with van der Waals surface area (Å²) in [7, 11) is 1.46. The number of amides is 1. The van der Waals surface area contributed by atoms with Crippen LogP contribution < -0.4 is 9.47 Å². The molecule has 0 radical (unpaired) electrons. The second-order valence-corrected chi connectivity index (χ2v) is 6.11. The van der Waals surface area contributed by atoms with Crippen LogP contribution in [0.5, 0.6) is 11.5 Å². The SMILES string of the molecule is CN(C(=O)OC(C)(C)C)C1COc2cc(OC(F)F)cc(F)c21. The van der Waals surface area contributed by atoms with Crippen molar-refractivity contribution >= 4 is 6.09 Å². The number of hydrogen-bond donors (Lipinski definition) is 0. The summed E-state index contributed by atoms with van der Waals surface area (Å²) in [5, 5.41) is 0. The number of carbonyl (C=O) groups is 1. The summed E-state index contributed by atoms with van der Waals surface area (Å²) in [6.07, 6.45) is -0.633. The van der Waals surface area contributed by atoms with Crippen LogP contribution in [0.2, 0.25) is 0 Å². The Bertz CT molecular complexity index is 601. The molecule has 0 saturated carbocycles. The quantitative estimate of drug-likeness (QED) is 0.846. The highest BCUT2D eigenvalue weighted by molar-refractivity contribution is 5.69. The highest BCUT2D eigenvalue weighted by atomic mass is 19.3. The Kier molecular flexibility index (Phi) is 4.63. The van der Waals surface area contributed by atoms with E-state index < -0.39 is 30.2 Å². The van der Waals surface area contributed by atoms with Crippen LogP contribution in [0.25, 0.3) is 0 Å². The predicted molar refractivity (Wildman–Crippen MR) is 75.3 cm³/mol. The van der Waals surface area contributed by atoms with Crippen LogP contribution in [0.15, 0.2) is 12.1 Å². The third kappa shape index (κ3) is 4.00. The first-order valence-corrected chi connectivity index (χ1v) is 6.95. The topological polar surface area (TPSA) is 48.0 Å². The summed E-state index contributed by atoms with van der Waals surface area (Å²) in [5.74, 6) is -1.05. The smallest absolute Gasteiger partial charge is 0.410 e. The first-order valence-electron chi connectivity index (χ1n) is 6.95. The van der Waals surface area contributed by atoms with Gasteiger partial charge in [-0.15, -0.1) is 0 Å². The Labute approximate surface area is 131 Å². The summed E-state index contributed by atoms with van der Waals surface area (Å²) < 4.78 is 53.4. The lowest BCUT2D eigenvalue weighted by molar-refractivity contribution is -0.0500. The third-order valence-electron chi connectivity index (χ3n) is 3.17. The number of benzene rings is 1. The minimum atomic E-state index is -3.06. The zero-order valence-corrected chi connectivity index (χ0v) is 13.2. The number of alkyl halides is 2. The van der Waals surface area contributed by atoms with Gasteiger partial charge in [-0.05, 0) is 20.8 Å². The normalized spacial score (nSPS) is 16.8. The molecule has 1 atom stereocenters. The molecule has 0 bridgehead atoms. The number of rotatable bonds is 3. The number of halogens is 3. The van der Waals surface area contributed by atoms with Crippen molar-refractivity contribution in [1.82, 2.24) is 4.90 Å². The third-order valence-corrected chi connectivity index (χ3v) is 3.17. The largest absolute Gasteiger partial charge is 0.490 e. The average molecular weight is 333 g/mol. The van der Waals surface area contributed by atoms with E-state index in [1.54, 1.807) is 20.8 Å². The minimum absolute atomic E-state index is 0.000127. The van der Waals surface area contributed by atoms with Gasteiger partial charge in [0.25, 0.3) is 0 Å². The number of hydrogen-bond acceptors (Lipinski definition) is 4. The monoisotopic (exact) mass is 333 g/mol. The molecule has 0 saturated heterocycles. The van der Waals surface area contributed by atoms with Crippen molar-refractivity contribution in [3.05, 3.63) is 23.5 Å². The van der Waals surface area contributed by atoms with Gasteiger partial charge in [-0.25, -0.2) is 9.18 Å². The van der Waals surface area contributed by atoms with Crippen LogP contribution in [0, 0.1) is 5.82 Å². The van der Waals surface area contributed by atoms with Gasteiger partial charge in [0.15, 0.2) is 0 Å². The lowest BCUT2D eigenvalue weighted by atomic mass is 10.1. The fourth-order valence-corrected chi connectivity index (χ4v) is 2.20. The number of ether oxygens (including phenoxy) is 3. The van der Waals surface area contributed by atoms with E-state index in [0.717, 1.165) is 6.07 Å². The lowest BCUT2D eigenvalue weighted by Crippen LogP contribution is -2.37. The van der Waals surface area contributed by atoms with Crippen LogP contribution in [0.3, 0.4) is 0 Å². The first-order chi connectivity index (χ1) is 10.6. The molecule has 0 N–H and O–H groups in total. The number of likely N-dealkylation sites (N-methyl/N-ethyl adjacent to an activating group) is 1. The van der Waals surface area contributed by atoms with Gasteiger partial charge in [0.05, 0.1) is 5.56 Å². The summed E-state index contributed by atoms with van der Waals surface area (Å²) in [5.41, 5.74) is -0.582. The standard InChI is InChI=1S/C15H18F3NO4/c1-15(2,3)23-14(20)19(4)10-7-21-11-6-8(22-13(17)18)5-9(16)12(10)11/h5-6,10,13H,7H2,1-4H3. The Balaban J connectivity index is 2.23. The zero-order valence-electron chi connectivity index (χ0n) is 13.2. The molecular formula is C15H18F3NO4. The summed E-state index contributed by atoms with van der Waals surface area (Å²) in [6.45, 7) is 2.08. The van der Waals surface area contributed by atoms with Crippen LogP contribution in [0.4, 0.5) is 18.0 Å². The predicted octanol–water partition coefficient (Wildman–Crippen LogP) is 3.73. The van der Waals surface area contributed by atoms with Gasteiger partial charge in [-0.3, -0.25) is 0 Å². The molecular weight excluding hydrogens is 315 g/mol. The molecule has 1 amide bonds. The number of fused-ring (bicyclic) bond motifs is 1. The van der Waals surface area contributed by atoms with E-state index in [0.29, 0.717) is 0 Å². The van der Waals surface area contributed by atoms with Crippen LogP contribution in [-0.2, 0) is 4.74 Å². The van der Waals surface area contributed by atoms with Crippen molar-refractivity contribution in [2.24, 2.45) is 0 Å². The van der Waals surface area contributed by atoms with E-state index in [2.05, 4.69) is 4.74 Å². The molecule has 0 aromatic heterocycles. The van der Waals surface area contributed by atoms with Gasteiger partial charge < -0.3 is 19.1 Å².